The lowest BCUT2D eigenvalue weighted by Gasteiger charge is -2.33. The number of nitrogens with one attached hydrogen (secondary N) is 1. The number of aromatic nitrogens is 2. The van der Waals surface area contributed by atoms with Crippen LogP contribution in [0.15, 0.2) is 12.4 Å². The van der Waals surface area contributed by atoms with Crippen molar-refractivity contribution >= 4 is 5.69 Å². The molecular formula is C12H22N4. The van der Waals surface area contributed by atoms with Crippen LogP contribution in [0.1, 0.15) is 38.5 Å². The number of hydrogen-bond donors (Lipinski definition) is 2. The van der Waals surface area contributed by atoms with Crippen LogP contribution in [0.4, 0.5) is 5.69 Å². The van der Waals surface area contributed by atoms with Crippen LogP contribution in [0, 0.1) is 0 Å². The second-order valence-corrected chi connectivity index (χ2v) is 5.00. The number of nitrogens with zero attached hydrogens (tertiary/aromatic N) is 2. The van der Waals surface area contributed by atoms with Gasteiger partial charge in [0.25, 0.3) is 0 Å². The average molecular weight is 222 g/mol. The SMILES string of the molecule is Cn1cc(NCCC2(N)CCCCC2)cn1. The molecule has 4 nitrogen and oxygen atoms in total. The molecule has 0 atom stereocenters. The van der Waals surface area contributed by atoms with E-state index in [-0.39, 0.29) is 5.54 Å². The molecule has 3 N–H and O–H groups in total. The summed E-state index contributed by atoms with van der Waals surface area (Å²) in [6.07, 6.45) is 11.2. The Kier molecular flexibility index (Phi) is 3.49. The Morgan fingerprint density at radius 2 is 2.19 bits per heavy atom. The molecule has 1 fully saturated rings. The molecule has 90 valence electrons. The largest absolute Gasteiger partial charge is 0.382 e. The smallest absolute Gasteiger partial charge is 0.0726 e. The lowest BCUT2D eigenvalue weighted by Crippen LogP contribution is -2.43. The average Bonchev–Trinajstić information content (AvgIpc) is 2.65. The molecule has 0 spiro atoms. The lowest BCUT2D eigenvalue weighted by atomic mass is 9.80. The van der Waals surface area contributed by atoms with Crippen molar-refractivity contribution in [3.8, 4) is 0 Å². The first-order chi connectivity index (χ1) is 7.68. The number of anilines is 1. The summed E-state index contributed by atoms with van der Waals surface area (Å²) in [6.45, 7) is 0.947. The second kappa shape index (κ2) is 4.87. The van der Waals surface area contributed by atoms with Gasteiger partial charge in [-0.25, -0.2) is 0 Å². The topological polar surface area (TPSA) is 55.9 Å². The van der Waals surface area contributed by atoms with Crippen LogP contribution in [-0.2, 0) is 7.05 Å². The Morgan fingerprint density at radius 3 is 2.81 bits per heavy atom. The molecule has 0 aliphatic heterocycles. The standard InChI is InChI=1S/C12H22N4/c1-16-10-11(9-15-16)14-8-7-12(13)5-3-2-4-6-12/h9-10,14H,2-8,13H2,1H3. The molecule has 2 rings (SSSR count). The fourth-order valence-corrected chi connectivity index (χ4v) is 2.47. The maximum absolute atomic E-state index is 6.37. The lowest BCUT2D eigenvalue weighted by molar-refractivity contribution is 0.284. The molecule has 1 aliphatic carbocycles. The first-order valence-corrected chi connectivity index (χ1v) is 6.19. The number of rotatable bonds is 4. The van der Waals surface area contributed by atoms with E-state index in [1.165, 1.54) is 32.1 Å². The van der Waals surface area contributed by atoms with Gasteiger partial charge in [0.15, 0.2) is 0 Å². The first kappa shape index (κ1) is 11.5. The van der Waals surface area contributed by atoms with Gasteiger partial charge < -0.3 is 11.1 Å². The van der Waals surface area contributed by atoms with Gasteiger partial charge in [0.05, 0.1) is 11.9 Å². The van der Waals surface area contributed by atoms with Crippen molar-refractivity contribution in [2.45, 2.75) is 44.1 Å². The Hall–Kier alpha value is -1.03. The summed E-state index contributed by atoms with van der Waals surface area (Å²) >= 11 is 0. The number of aryl methyl sites for hydroxylation is 1. The van der Waals surface area contributed by atoms with Crippen molar-refractivity contribution in [3.05, 3.63) is 12.4 Å². The van der Waals surface area contributed by atoms with Gasteiger partial charge in [-0.1, -0.05) is 19.3 Å². The molecule has 4 heteroatoms. The van der Waals surface area contributed by atoms with Crippen molar-refractivity contribution < 1.29 is 0 Å². The quantitative estimate of drug-likeness (QED) is 0.818. The number of hydrogen-bond acceptors (Lipinski definition) is 3. The van der Waals surface area contributed by atoms with Gasteiger partial charge in [0, 0.05) is 25.3 Å². The summed E-state index contributed by atoms with van der Waals surface area (Å²) in [5, 5.41) is 7.50. The minimum Gasteiger partial charge on any atom is -0.382 e. The van der Waals surface area contributed by atoms with Crippen LogP contribution in [-0.4, -0.2) is 21.9 Å². The van der Waals surface area contributed by atoms with Gasteiger partial charge in [-0.05, 0) is 19.3 Å². The van der Waals surface area contributed by atoms with Crippen LogP contribution < -0.4 is 11.1 Å². The van der Waals surface area contributed by atoms with Gasteiger partial charge in [-0.3, -0.25) is 4.68 Å². The Balaban J connectivity index is 1.74. The van der Waals surface area contributed by atoms with Crippen LogP contribution in [0.25, 0.3) is 0 Å². The summed E-state index contributed by atoms with van der Waals surface area (Å²) < 4.78 is 1.81. The highest BCUT2D eigenvalue weighted by molar-refractivity contribution is 5.37. The Bertz CT molecular complexity index is 326. The van der Waals surface area contributed by atoms with E-state index >= 15 is 0 Å². The molecule has 1 aromatic rings. The van der Waals surface area contributed by atoms with Crippen molar-refractivity contribution in [1.29, 1.82) is 0 Å². The predicted octanol–water partition coefficient (Wildman–Crippen LogP) is 1.88. The Morgan fingerprint density at radius 1 is 1.44 bits per heavy atom. The fourth-order valence-electron chi connectivity index (χ4n) is 2.47. The summed E-state index contributed by atoms with van der Waals surface area (Å²) in [5.41, 5.74) is 7.53. The normalized spacial score (nSPS) is 19.6. The monoisotopic (exact) mass is 222 g/mol. The third kappa shape index (κ3) is 2.98. The van der Waals surface area contributed by atoms with E-state index in [1.807, 2.05) is 19.4 Å². The fraction of sp³-hybridized carbons (Fsp3) is 0.750. The zero-order chi connectivity index (χ0) is 11.4. The maximum atomic E-state index is 6.37. The molecule has 1 heterocycles. The minimum atomic E-state index is 0.0768. The molecule has 0 unspecified atom stereocenters. The molecule has 0 amide bonds. The molecule has 16 heavy (non-hydrogen) atoms. The summed E-state index contributed by atoms with van der Waals surface area (Å²) in [5.74, 6) is 0. The van der Waals surface area contributed by atoms with E-state index in [2.05, 4.69) is 10.4 Å². The van der Waals surface area contributed by atoms with Gasteiger partial charge >= 0.3 is 0 Å². The van der Waals surface area contributed by atoms with Crippen LogP contribution >= 0.6 is 0 Å². The highest BCUT2D eigenvalue weighted by atomic mass is 15.3. The zero-order valence-electron chi connectivity index (χ0n) is 10.1. The van der Waals surface area contributed by atoms with E-state index in [9.17, 15) is 0 Å². The molecule has 0 aromatic carbocycles. The van der Waals surface area contributed by atoms with E-state index < -0.39 is 0 Å². The summed E-state index contributed by atoms with van der Waals surface area (Å²) in [6, 6.07) is 0. The molecule has 1 aromatic heterocycles. The molecule has 0 radical (unpaired) electrons. The summed E-state index contributed by atoms with van der Waals surface area (Å²) in [4.78, 5) is 0. The number of nitrogens with two attached hydrogens (primary N) is 1. The van der Waals surface area contributed by atoms with E-state index in [0.717, 1.165) is 18.7 Å². The van der Waals surface area contributed by atoms with E-state index in [0.29, 0.717) is 0 Å². The highest BCUT2D eigenvalue weighted by Gasteiger charge is 2.26. The second-order valence-electron chi connectivity index (χ2n) is 5.00. The molecule has 1 aliphatic rings. The third-order valence-corrected chi connectivity index (χ3v) is 3.51. The van der Waals surface area contributed by atoms with Gasteiger partial charge in [0.1, 0.15) is 0 Å². The van der Waals surface area contributed by atoms with Gasteiger partial charge in [-0.15, -0.1) is 0 Å². The van der Waals surface area contributed by atoms with Crippen molar-refractivity contribution in [3.63, 3.8) is 0 Å². The minimum absolute atomic E-state index is 0.0768. The van der Waals surface area contributed by atoms with E-state index in [4.69, 9.17) is 5.73 Å². The Labute approximate surface area is 97.2 Å². The van der Waals surface area contributed by atoms with Crippen LogP contribution in [0.5, 0.6) is 0 Å². The van der Waals surface area contributed by atoms with E-state index in [1.54, 1.807) is 4.68 Å². The van der Waals surface area contributed by atoms with Crippen molar-refractivity contribution in [2.75, 3.05) is 11.9 Å². The zero-order valence-corrected chi connectivity index (χ0v) is 10.1. The maximum Gasteiger partial charge on any atom is 0.0726 e. The van der Waals surface area contributed by atoms with Crippen LogP contribution in [0.2, 0.25) is 0 Å². The van der Waals surface area contributed by atoms with Crippen LogP contribution in [0.3, 0.4) is 0 Å². The highest BCUT2D eigenvalue weighted by Crippen LogP contribution is 2.28. The van der Waals surface area contributed by atoms with Crippen molar-refractivity contribution in [1.82, 2.24) is 9.78 Å². The molecular weight excluding hydrogens is 200 g/mol. The molecule has 0 saturated heterocycles. The predicted molar refractivity (Wildman–Crippen MR) is 66.3 cm³/mol. The van der Waals surface area contributed by atoms with Gasteiger partial charge in [-0.2, -0.15) is 5.10 Å². The summed E-state index contributed by atoms with van der Waals surface area (Å²) in [7, 11) is 1.93. The molecule has 0 bridgehead atoms. The van der Waals surface area contributed by atoms with Crippen molar-refractivity contribution in [2.24, 2.45) is 12.8 Å². The third-order valence-electron chi connectivity index (χ3n) is 3.51. The molecule has 1 saturated carbocycles. The first-order valence-electron chi connectivity index (χ1n) is 6.19. The van der Waals surface area contributed by atoms with Gasteiger partial charge in [0.2, 0.25) is 0 Å².